The van der Waals surface area contributed by atoms with E-state index in [2.05, 4.69) is 13.9 Å². The van der Waals surface area contributed by atoms with Crippen LogP contribution in [0.3, 0.4) is 0 Å². The van der Waals surface area contributed by atoms with E-state index in [9.17, 15) is 0 Å². The average molecular weight is 102 g/mol. The first-order valence-electron chi connectivity index (χ1n) is 1.93. The number of rotatable bonds is 3. The van der Waals surface area contributed by atoms with Gasteiger partial charge in [-0.1, -0.05) is 0 Å². The predicted molar refractivity (Wildman–Crippen MR) is 30.9 cm³/mol. The molecule has 1 atom stereocenters. The van der Waals surface area contributed by atoms with Crippen molar-refractivity contribution in [2.75, 3.05) is 12.8 Å². The van der Waals surface area contributed by atoms with Gasteiger partial charge in [0.2, 0.25) is 0 Å². The van der Waals surface area contributed by atoms with Gasteiger partial charge < -0.3 is 4.65 Å². The zero-order chi connectivity index (χ0) is 4.83. The van der Waals surface area contributed by atoms with Crippen LogP contribution in [0.5, 0.6) is 0 Å². The lowest BCUT2D eigenvalue weighted by Crippen LogP contribution is -1.88. The van der Waals surface area contributed by atoms with Crippen LogP contribution in [0.4, 0.5) is 0 Å². The van der Waals surface area contributed by atoms with E-state index in [0.29, 0.717) is 6.61 Å². The zero-order valence-electron chi connectivity index (χ0n) is 3.68. The summed E-state index contributed by atoms with van der Waals surface area (Å²) < 4.78 is 4.27. The van der Waals surface area contributed by atoms with Gasteiger partial charge in [0.25, 0.3) is 8.05 Å². The minimum absolute atomic E-state index is 0.670. The van der Waals surface area contributed by atoms with Crippen molar-refractivity contribution < 1.29 is 4.65 Å². The maximum atomic E-state index is 4.71. The third kappa shape index (κ3) is 4.45. The summed E-state index contributed by atoms with van der Waals surface area (Å²) in [5.74, 6) is 0. The van der Waals surface area contributed by atoms with Crippen molar-refractivity contribution in [3.05, 3.63) is 0 Å². The fraction of sp³-hybridized carbons (Fsp3) is 1.00. The van der Waals surface area contributed by atoms with Crippen molar-refractivity contribution in [3.8, 4) is 0 Å². The molecule has 0 aromatic heterocycles. The second-order valence-corrected chi connectivity index (χ2v) is 1.59. The Labute approximate surface area is 42.1 Å². The summed E-state index contributed by atoms with van der Waals surface area (Å²) >= 11 is 0. The molecule has 0 aromatic rings. The molecule has 34 valence electrons. The van der Waals surface area contributed by atoms with Crippen molar-refractivity contribution in [2.45, 2.75) is 6.42 Å². The van der Waals surface area contributed by atoms with Crippen molar-refractivity contribution in [1.82, 2.24) is 0 Å². The van der Waals surface area contributed by atoms with Crippen molar-refractivity contribution in [3.63, 3.8) is 0 Å². The van der Waals surface area contributed by atoms with Gasteiger partial charge in [0.1, 0.15) is 0 Å². The summed E-state index contributed by atoms with van der Waals surface area (Å²) in [7, 11) is 7.30. The Kier molecular flexibility index (Phi) is 5.87. The molecule has 0 aliphatic rings. The Hall–Kier alpha value is 0.455. The standard InChI is InChI=1S/C3H8BOP/c4-5-2-1-3-6/h1-3,6H2. The summed E-state index contributed by atoms with van der Waals surface area (Å²) in [4.78, 5) is 0. The minimum atomic E-state index is 0.670. The van der Waals surface area contributed by atoms with Crippen LogP contribution >= 0.6 is 9.24 Å². The highest BCUT2D eigenvalue weighted by molar-refractivity contribution is 7.16. The summed E-state index contributed by atoms with van der Waals surface area (Å²) in [5.41, 5.74) is 0. The molecule has 0 fully saturated rings. The van der Waals surface area contributed by atoms with Gasteiger partial charge >= 0.3 is 0 Å². The molecule has 0 rings (SSSR count). The van der Waals surface area contributed by atoms with E-state index in [1.54, 1.807) is 0 Å². The first-order valence-corrected chi connectivity index (χ1v) is 2.75. The maximum Gasteiger partial charge on any atom is 0.282 e. The molecule has 0 amide bonds. The van der Waals surface area contributed by atoms with Gasteiger partial charge in [0.05, 0.1) is 0 Å². The van der Waals surface area contributed by atoms with Gasteiger partial charge in [-0.2, -0.15) is 0 Å². The largest absolute Gasteiger partial charge is 0.448 e. The van der Waals surface area contributed by atoms with Crippen LogP contribution in [0.1, 0.15) is 6.42 Å². The van der Waals surface area contributed by atoms with Crippen LogP contribution in [0.2, 0.25) is 0 Å². The van der Waals surface area contributed by atoms with Gasteiger partial charge in [-0.3, -0.25) is 0 Å². The van der Waals surface area contributed by atoms with E-state index in [-0.39, 0.29) is 0 Å². The Balaban J connectivity index is 2.34. The SMILES string of the molecule is [B]OCCCP. The number of hydrogen-bond acceptors (Lipinski definition) is 1. The molecular weight excluding hydrogens is 93.8 g/mol. The predicted octanol–water partition coefficient (Wildman–Crippen LogP) is 0.352. The Bertz CT molecular complexity index is 22.8. The minimum Gasteiger partial charge on any atom is -0.448 e. The van der Waals surface area contributed by atoms with E-state index in [0.717, 1.165) is 12.6 Å². The monoisotopic (exact) mass is 102 g/mol. The van der Waals surface area contributed by atoms with Gasteiger partial charge in [0, 0.05) is 6.61 Å². The van der Waals surface area contributed by atoms with Crippen LogP contribution in [0, 0.1) is 0 Å². The summed E-state index contributed by atoms with van der Waals surface area (Å²) in [6.07, 6.45) is 2.10. The highest BCUT2D eigenvalue weighted by Gasteiger charge is 1.74. The highest BCUT2D eigenvalue weighted by Crippen LogP contribution is 1.85. The van der Waals surface area contributed by atoms with Crippen LogP contribution in [-0.2, 0) is 4.65 Å². The first kappa shape index (κ1) is 6.45. The Morgan fingerprint density at radius 3 is 2.50 bits per heavy atom. The molecule has 0 N–H and O–H groups in total. The van der Waals surface area contributed by atoms with Gasteiger partial charge in [-0.25, -0.2) is 0 Å². The highest BCUT2D eigenvalue weighted by atomic mass is 31.0. The fourth-order valence-corrected chi connectivity index (χ4v) is 0.333. The molecule has 1 unspecified atom stereocenters. The van der Waals surface area contributed by atoms with Crippen LogP contribution < -0.4 is 0 Å². The van der Waals surface area contributed by atoms with Crippen LogP contribution in [0.25, 0.3) is 0 Å². The van der Waals surface area contributed by atoms with Crippen molar-refractivity contribution in [2.24, 2.45) is 0 Å². The lowest BCUT2D eigenvalue weighted by molar-refractivity contribution is 0.350. The molecule has 0 aliphatic heterocycles. The summed E-state index contributed by atoms with van der Waals surface area (Å²) in [6, 6.07) is 0. The quantitative estimate of drug-likeness (QED) is 0.284. The third-order valence-electron chi connectivity index (χ3n) is 0.466. The molecule has 3 heteroatoms. The first-order chi connectivity index (χ1) is 2.91. The van der Waals surface area contributed by atoms with Crippen LogP contribution in [0.15, 0.2) is 0 Å². The van der Waals surface area contributed by atoms with Gasteiger partial charge in [-0.15, -0.1) is 9.24 Å². The normalized spacial score (nSPS) is 8.83. The lowest BCUT2D eigenvalue weighted by Gasteiger charge is -1.90. The van der Waals surface area contributed by atoms with E-state index in [4.69, 9.17) is 8.05 Å². The van der Waals surface area contributed by atoms with Crippen LogP contribution in [-0.4, -0.2) is 20.8 Å². The molecule has 0 aliphatic carbocycles. The van der Waals surface area contributed by atoms with Gasteiger partial charge in [-0.05, 0) is 12.6 Å². The second-order valence-electron chi connectivity index (χ2n) is 1.01. The molecule has 0 aromatic carbocycles. The van der Waals surface area contributed by atoms with E-state index in [1.807, 2.05) is 0 Å². The zero-order valence-corrected chi connectivity index (χ0v) is 4.84. The molecule has 0 saturated carbocycles. The van der Waals surface area contributed by atoms with E-state index in [1.165, 1.54) is 0 Å². The summed E-state index contributed by atoms with van der Waals surface area (Å²) in [6.45, 7) is 0.670. The molecular formula is C3H8BOP. The second kappa shape index (κ2) is 5.45. The maximum absolute atomic E-state index is 4.71. The average Bonchev–Trinajstić information content (AvgIpc) is 1.61. The third-order valence-corrected chi connectivity index (χ3v) is 0.875. The Morgan fingerprint density at radius 1 is 1.67 bits per heavy atom. The smallest absolute Gasteiger partial charge is 0.282 e. The Morgan fingerprint density at radius 2 is 2.33 bits per heavy atom. The molecule has 0 spiro atoms. The molecule has 0 bridgehead atoms. The van der Waals surface area contributed by atoms with Crippen molar-refractivity contribution >= 4 is 17.3 Å². The van der Waals surface area contributed by atoms with E-state index < -0.39 is 0 Å². The molecule has 2 radical (unpaired) electrons. The molecule has 0 saturated heterocycles. The summed E-state index contributed by atoms with van der Waals surface area (Å²) in [5, 5.41) is 0. The molecule has 6 heavy (non-hydrogen) atoms. The molecule has 0 heterocycles. The van der Waals surface area contributed by atoms with Gasteiger partial charge in [0.15, 0.2) is 0 Å². The topological polar surface area (TPSA) is 9.23 Å². The fourth-order valence-electron chi connectivity index (χ4n) is 0.167. The molecule has 1 nitrogen and oxygen atoms in total. The number of hydrogen-bond donors (Lipinski definition) is 0. The van der Waals surface area contributed by atoms with Crippen molar-refractivity contribution in [1.29, 1.82) is 0 Å². The lowest BCUT2D eigenvalue weighted by atomic mass is 10.5. The van der Waals surface area contributed by atoms with E-state index >= 15 is 0 Å².